The van der Waals surface area contributed by atoms with Gasteiger partial charge in [0.2, 0.25) is 0 Å². The summed E-state index contributed by atoms with van der Waals surface area (Å²) in [5, 5.41) is 8.99. The highest BCUT2D eigenvalue weighted by Gasteiger charge is 2.26. The van der Waals surface area contributed by atoms with E-state index in [2.05, 4.69) is 12.1 Å². The van der Waals surface area contributed by atoms with Crippen molar-refractivity contribution >= 4 is 0 Å². The van der Waals surface area contributed by atoms with Crippen molar-refractivity contribution in [3.05, 3.63) is 35.9 Å². The van der Waals surface area contributed by atoms with E-state index in [4.69, 9.17) is 9.84 Å². The van der Waals surface area contributed by atoms with Gasteiger partial charge in [0.25, 0.3) is 0 Å². The molecule has 2 atom stereocenters. The molecule has 1 aromatic carbocycles. The molecule has 0 bridgehead atoms. The number of benzene rings is 1. The fourth-order valence-electron chi connectivity index (χ4n) is 1.82. The van der Waals surface area contributed by atoms with Gasteiger partial charge < -0.3 is 9.84 Å². The van der Waals surface area contributed by atoms with Crippen molar-refractivity contribution in [1.82, 2.24) is 0 Å². The molecule has 1 N–H and O–H groups in total. The minimum absolute atomic E-state index is 0.256. The molecule has 1 aliphatic rings. The van der Waals surface area contributed by atoms with Gasteiger partial charge in [-0.1, -0.05) is 30.3 Å². The minimum Gasteiger partial charge on any atom is -0.396 e. The van der Waals surface area contributed by atoms with Crippen LogP contribution in [0.4, 0.5) is 0 Å². The van der Waals surface area contributed by atoms with Gasteiger partial charge in [-0.05, 0) is 24.3 Å². The topological polar surface area (TPSA) is 32.8 Å². The SMILES string of the molecule is OCC[C@@H](C[C@H]1CO1)c1ccccc1. The first kappa shape index (κ1) is 9.69. The molecular formula is C12H16O2. The van der Waals surface area contributed by atoms with Crippen molar-refractivity contribution in [3.63, 3.8) is 0 Å². The van der Waals surface area contributed by atoms with Crippen LogP contribution in [0.5, 0.6) is 0 Å². The molecule has 0 aromatic heterocycles. The Bertz CT molecular complexity index is 267. The Kier molecular flexibility index (Phi) is 3.17. The van der Waals surface area contributed by atoms with Crippen LogP contribution in [0.25, 0.3) is 0 Å². The Morgan fingerprint density at radius 3 is 2.64 bits per heavy atom. The van der Waals surface area contributed by atoms with E-state index < -0.39 is 0 Å². The van der Waals surface area contributed by atoms with Crippen LogP contribution in [-0.4, -0.2) is 24.4 Å². The van der Waals surface area contributed by atoms with Gasteiger partial charge in [-0.3, -0.25) is 0 Å². The number of hydrogen-bond donors (Lipinski definition) is 1. The van der Waals surface area contributed by atoms with Crippen LogP contribution >= 0.6 is 0 Å². The maximum absolute atomic E-state index is 8.99. The highest BCUT2D eigenvalue weighted by atomic mass is 16.6. The van der Waals surface area contributed by atoms with Crippen LogP contribution in [-0.2, 0) is 4.74 Å². The molecule has 0 aliphatic carbocycles. The third-order valence-electron chi connectivity index (χ3n) is 2.70. The standard InChI is InChI=1S/C12H16O2/c13-7-6-11(8-12-9-14-12)10-4-2-1-3-5-10/h1-5,11-13H,6-9H2/t11-,12-/m0/s1. The number of rotatable bonds is 5. The van der Waals surface area contributed by atoms with Gasteiger partial charge in [0.05, 0.1) is 12.7 Å². The monoisotopic (exact) mass is 192 g/mol. The summed E-state index contributed by atoms with van der Waals surface area (Å²) >= 11 is 0. The summed E-state index contributed by atoms with van der Waals surface area (Å²) in [7, 11) is 0. The van der Waals surface area contributed by atoms with Gasteiger partial charge >= 0.3 is 0 Å². The average molecular weight is 192 g/mol. The first-order chi connectivity index (χ1) is 6.90. The number of epoxide rings is 1. The van der Waals surface area contributed by atoms with E-state index in [9.17, 15) is 0 Å². The highest BCUT2D eigenvalue weighted by molar-refractivity contribution is 5.19. The lowest BCUT2D eigenvalue weighted by Gasteiger charge is -2.14. The summed E-state index contributed by atoms with van der Waals surface area (Å²) in [6, 6.07) is 10.4. The largest absolute Gasteiger partial charge is 0.396 e. The zero-order valence-corrected chi connectivity index (χ0v) is 8.23. The lowest BCUT2D eigenvalue weighted by Crippen LogP contribution is -2.04. The summed E-state index contributed by atoms with van der Waals surface area (Å²) in [5.74, 6) is 0.452. The van der Waals surface area contributed by atoms with Crippen molar-refractivity contribution in [2.75, 3.05) is 13.2 Å². The Hall–Kier alpha value is -0.860. The molecule has 1 aromatic rings. The van der Waals surface area contributed by atoms with Crippen molar-refractivity contribution in [2.24, 2.45) is 0 Å². The Morgan fingerprint density at radius 2 is 2.07 bits per heavy atom. The number of aliphatic hydroxyl groups excluding tert-OH is 1. The predicted molar refractivity (Wildman–Crippen MR) is 55.2 cm³/mol. The van der Waals surface area contributed by atoms with Crippen LogP contribution < -0.4 is 0 Å². The Labute approximate surface area is 84.5 Å². The van der Waals surface area contributed by atoms with Crippen LogP contribution in [0.1, 0.15) is 24.3 Å². The Balaban J connectivity index is 2.01. The molecule has 0 unspecified atom stereocenters. The lowest BCUT2D eigenvalue weighted by atomic mass is 9.92. The van der Waals surface area contributed by atoms with E-state index in [-0.39, 0.29) is 6.61 Å². The number of aliphatic hydroxyl groups is 1. The highest BCUT2D eigenvalue weighted by Crippen LogP contribution is 2.29. The fraction of sp³-hybridized carbons (Fsp3) is 0.500. The fourth-order valence-corrected chi connectivity index (χ4v) is 1.82. The average Bonchev–Trinajstić information content (AvgIpc) is 3.03. The third kappa shape index (κ3) is 2.56. The van der Waals surface area contributed by atoms with Gasteiger partial charge in [-0.2, -0.15) is 0 Å². The molecule has 2 nitrogen and oxygen atoms in total. The summed E-state index contributed by atoms with van der Waals surface area (Å²) in [6.45, 7) is 1.15. The second kappa shape index (κ2) is 4.58. The zero-order valence-electron chi connectivity index (χ0n) is 8.23. The van der Waals surface area contributed by atoms with Crippen LogP contribution in [0.15, 0.2) is 30.3 Å². The van der Waals surface area contributed by atoms with Crippen molar-refractivity contribution in [3.8, 4) is 0 Å². The molecule has 0 spiro atoms. The molecule has 2 rings (SSSR count). The van der Waals surface area contributed by atoms with Crippen LogP contribution in [0.2, 0.25) is 0 Å². The smallest absolute Gasteiger partial charge is 0.0815 e. The predicted octanol–water partition coefficient (Wildman–Crippen LogP) is 1.94. The van der Waals surface area contributed by atoms with E-state index >= 15 is 0 Å². The molecule has 1 saturated heterocycles. The first-order valence-corrected chi connectivity index (χ1v) is 5.17. The van der Waals surface area contributed by atoms with E-state index in [0.717, 1.165) is 19.4 Å². The van der Waals surface area contributed by atoms with Gasteiger partial charge in [-0.25, -0.2) is 0 Å². The molecule has 0 amide bonds. The van der Waals surface area contributed by atoms with E-state index in [1.54, 1.807) is 0 Å². The van der Waals surface area contributed by atoms with Crippen molar-refractivity contribution in [1.29, 1.82) is 0 Å². The maximum atomic E-state index is 8.99. The molecule has 0 saturated carbocycles. The van der Waals surface area contributed by atoms with Gasteiger partial charge in [0.1, 0.15) is 0 Å². The van der Waals surface area contributed by atoms with E-state index in [1.165, 1.54) is 5.56 Å². The molecule has 0 radical (unpaired) electrons. The molecular weight excluding hydrogens is 176 g/mol. The second-order valence-electron chi connectivity index (χ2n) is 3.81. The van der Waals surface area contributed by atoms with E-state index in [0.29, 0.717) is 12.0 Å². The van der Waals surface area contributed by atoms with Crippen LogP contribution in [0.3, 0.4) is 0 Å². The molecule has 2 heteroatoms. The van der Waals surface area contributed by atoms with Crippen molar-refractivity contribution < 1.29 is 9.84 Å². The molecule has 1 fully saturated rings. The molecule has 1 heterocycles. The summed E-state index contributed by atoms with van der Waals surface area (Å²) in [4.78, 5) is 0. The first-order valence-electron chi connectivity index (χ1n) is 5.17. The molecule has 1 aliphatic heterocycles. The summed E-state index contributed by atoms with van der Waals surface area (Å²) < 4.78 is 5.23. The van der Waals surface area contributed by atoms with Crippen molar-refractivity contribution in [2.45, 2.75) is 24.9 Å². The Morgan fingerprint density at radius 1 is 1.36 bits per heavy atom. The van der Waals surface area contributed by atoms with E-state index in [1.807, 2.05) is 18.2 Å². The third-order valence-corrected chi connectivity index (χ3v) is 2.70. The molecule has 76 valence electrons. The second-order valence-corrected chi connectivity index (χ2v) is 3.81. The lowest BCUT2D eigenvalue weighted by molar-refractivity contribution is 0.266. The summed E-state index contributed by atoms with van der Waals surface area (Å²) in [6.07, 6.45) is 2.32. The van der Waals surface area contributed by atoms with Gasteiger partial charge in [0, 0.05) is 6.61 Å². The normalized spacial score (nSPS) is 21.9. The van der Waals surface area contributed by atoms with Crippen LogP contribution in [0, 0.1) is 0 Å². The quantitative estimate of drug-likeness (QED) is 0.723. The number of hydrogen-bond acceptors (Lipinski definition) is 2. The number of ether oxygens (including phenoxy) is 1. The molecule has 14 heavy (non-hydrogen) atoms. The minimum atomic E-state index is 0.256. The van der Waals surface area contributed by atoms with Gasteiger partial charge in [0.15, 0.2) is 0 Å². The summed E-state index contributed by atoms with van der Waals surface area (Å²) in [5.41, 5.74) is 1.32. The maximum Gasteiger partial charge on any atom is 0.0815 e. The zero-order chi connectivity index (χ0) is 9.80. The van der Waals surface area contributed by atoms with Gasteiger partial charge in [-0.15, -0.1) is 0 Å².